The fourth-order valence-electron chi connectivity index (χ4n) is 2.73. The van der Waals surface area contributed by atoms with Gasteiger partial charge in [0.1, 0.15) is 11.5 Å². The van der Waals surface area contributed by atoms with Crippen LogP contribution in [0.3, 0.4) is 0 Å². The summed E-state index contributed by atoms with van der Waals surface area (Å²) in [4.78, 5) is 23.5. The van der Waals surface area contributed by atoms with Crippen molar-refractivity contribution >= 4 is 11.9 Å². The first-order valence-corrected chi connectivity index (χ1v) is 7.15. The van der Waals surface area contributed by atoms with Crippen molar-refractivity contribution in [3.63, 3.8) is 0 Å². The highest BCUT2D eigenvalue weighted by Crippen LogP contribution is 2.24. The van der Waals surface area contributed by atoms with Gasteiger partial charge in [0, 0.05) is 19.8 Å². The van der Waals surface area contributed by atoms with E-state index in [9.17, 15) is 14.7 Å². The van der Waals surface area contributed by atoms with E-state index >= 15 is 0 Å². The molecular weight excluding hydrogens is 274 g/mol. The number of amides is 1. The molecule has 1 saturated heterocycles. The van der Waals surface area contributed by atoms with Gasteiger partial charge in [-0.15, -0.1) is 0 Å². The predicted octanol–water partition coefficient (Wildman–Crippen LogP) is 1.75. The molecule has 0 aromatic carbocycles. The highest BCUT2D eigenvalue weighted by Gasteiger charge is 2.30. The summed E-state index contributed by atoms with van der Waals surface area (Å²) < 4.78 is 10.6. The van der Waals surface area contributed by atoms with E-state index in [0.717, 1.165) is 12.8 Å². The molecule has 1 aromatic heterocycles. The van der Waals surface area contributed by atoms with Crippen molar-refractivity contribution in [3.8, 4) is 0 Å². The molecule has 0 aliphatic carbocycles. The van der Waals surface area contributed by atoms with Gasteiger partial charge >= 0.3 is 5.97 Å². The number of nitrogens with one attached hydrogen (secondary N) is 1. The molecule has 1 aliphatic rings. The summed E-state index contributed by atoms with van der Waals surface area (Å²) in [7, 11) is 0. The van der Waals surface area contributed by atoms with Crippen molar-refractivity contribution in [2.75, 3.05) is 19.8 Å². The fourth-order valence-corrected chi connectivity index (χ4v) is 2.73. The first-order chi connectivity index (χ1) is 9.99. The minimum absolute atomic E-state index is 0.0451. The lowest BCUT2D eigenvalue weighted by molar-refractivity contribution is -0.144. The standard InChI is InChI=1S/C15H21NO5/c1-9-7-12(10(2)21-9)14(17)16-8-13(15(18)19)11-3-5-20-6-4-11/h7,11,13H,3-6,8H2,1-2H3,(H,16,17)(H,18,19). The number of carbonyl (C=O) groups is 2. The molecule has 2 N–H and O–H groups in total. The van der Waals surface area contributed by atoms with Crippen molar-refractivity contribution in [2.24, 2.45) is 11.8 Å². The normalized spacial score (nSPS) is 17.4. The van der Waals surface area contributed by atoms with Crippen LogP contribution in [0.2, 0.25) is 0 Å². The summed E-state index contributed by atoms with van der Waals surface area (Å²) in [5, 5.41) is 12.1. The summed E-state index contributed by atoms with van der Waals surface area (Å²) in [6, 6.07) is 1.66. The smallest absolute Gasteiger partial charge is 0.308 e. The molecule has 1 fully saturated rings. The van der Waals surface area contributed by atoms with E-state index in [1.807, 2.05) is 0 Å². The first-order valence-electron chi connectivity index (χ1n) is 7.15. The van der Waals surface area contributed by atoms with E-state index in [4.69, 9.17) is 9.15 Å². The summed E-state index contributed by atoms with van der Waals surface area (Å²) in [6.07, 6.45) is 1.44. The lowest BCUT2D eigenvalue weighted by Crippen LogP contribution is -2.39. The summed E-state index contributed by atoms with van der Waals surface area (Å²) in [5.41, 5.74) is 0.462. The molecule has 0 bridgehead atoms. The molecular formula is C15H21NO5. The zero-order valence-corrected chi connectivity index (χ0v) is 12.3. The molecule has 1 atom stereocenters. The Bertz CT molecular complexity index is 516. The molecule has 0 saturated carbocycles. The van der Waals surface area contributed by atoms with Crippen LogP contribution in [0.1, 0.15) is 34.7 Å². The van der Waals surface area contributed by atoms with Gasteiger partial charge in [0.15, 0.2) is 0 Å². The van der Waals surface area contributed by atoms with Crippen molar-refractivity contribution in [3.05, 3.63) is 23.2 Å². The van der Waals surface area contributed by atoms with Gasteiger partial charge in [-0.1, -0.05) is 0 Å². The molecule has 6 nitrogen and oxygen atoms in total. The van der Waals surface area contributed by atoms with Crippen LogP contribution < -0.4 is 5.32 Å². The minimum Gasteiger partial charge on any atom is -0.481 e. The highest BCUT2D eigenvalue weighted by molar-refractivity contribution is 5.95. The van der Waals surface area contributed by atoms with Gasteiger partial charge in [0.05, 0.1) is 11.5 Å². The molecule has 1 aliphatic heterocycles. The summed E-state index contributed by atoms with van der Waals surface area (Å²) in [5.74, 6) is -0.486. The molecule has 1 amide bonds. The predicted molar refractivity (Wildman–Crippen MR) is 75.2 cm³/mol. The quantitative estimate of drug-likeness (QED) is 0.864. The van der Waals surface area contributed by atoms with Gasteiger partial charge in [-0.2, -0.15) is 0 Å². The SMILES string of the molecule is Cc1cc(C(=O)NCC(C(=O)O)C2CCOCC2)c(C)o1. The topological polar surface area (TPSA) is 88.8 Å². The van der Waals surface area contributed by atoms with E-state index < -0.39 is 11.9 Å². The van der Waals surface area contributed by atoms with E-state index in [2.05, 4.69) is 5.32 Å². The van der Waals surface area contributed by atoms with Gasteiger partial charge in [0.2, 0.25) is 0 Å². The van der Waals surface area contributed by atoms with E-state index in [1.165, 1.54) is 0 Å². The highest BCUT2D eigenvalue weighted by atomic mass is 16.5. The van der Waals surface area contributed by atoms with E-state index in [0.29, 0.717) is 30.3 Å². The van der Waals surface area contributed by atoms with Crippen LogP contribution in [0.4, 0.5) is 0 Å². The number of furan rings is 1. The van der Waals surface area contributed by atoms with Crippen LogP contribution in [0, 0.1) is 25.7 Å². The van der Waals surface area contributed by atoms with Crippen LogP contribution in [-0.4, -0.2) is 36.7 Å². The molecule has 2 rings (SSSR count). The third kappa shape index (κ3) is 3.85. The number of carboxylic acids is 1. The molecule has 2 heterocycles. The third-order valence-corrected chi connectivity index (χ3v) is 3.92. The maximum Gasteiger partial charge on any atom is 0.308 e. The number of hydrogen-bond acceptors (Lipinski definition) is 4. The Kier molecular flexibility index (Phi) is 5.01. The largest absolute Gasteiger partial charge is 0.481 e. The number of carbonyl (C=O) groups excluding carboxylic acids is 1. The molecule has 116 valence electrons. The Morgan fingerprint density at radius 1 is 1.38 bits per heavy atom. The monoisotopic (exact) mass is 295 g/mol. The number of rotatable bonds is 5. The van der Waals surface area contributed by atoms with Gasteiger partial charge in [-0.05, 0) is 38.7 Å². The molecule has 21 heavy (non-hydrogen) atoms. The maximum atomic E-state index is 12.1. The number of carboxylic acid groups (broad SMARTS) is 1. The average molecular weight is 295 g/mol. The molecule has 6 heteroatoms. The van der Waals surface area contributed by atoms with E-state index in [1.54, 1.807) is 19.9 Å². The van der Waals surface area contributed by atoms with E-state index in [-0.39, 0.29) is 18.4 Å². The fraction of sp³-hybridized carbons (Fsp3) is 0.600. The molecule has 1 aromatic rings. The molecule has 1 unspecified atom stereocenters. The van der Waals surface area contributed by atoms with Gasteiger partial charge < -0.3 is 19.6 Å². The Labute approximate surface area is 123 Å². The van der Waals surface area contributed by atoms with Gasteiger partial charge in [0.25, 0.3) is 5.91 Å². The van der Waals surface area contributed by atoms with Crippen molar-refractivity contribution in [2.45, 2.75) is 26.7 Å². The summed E-state index contributed by atoms with van der Waals surface area (Å²) >= 11 is 0. The minimum atomic E-state index is -0.873. The van der Waals surface area contributed by atoms with Crippen LogP contribution >= 0.6 is 0 Å². The number of hydrogen-bond donors (Lipinski definition) is 2. The van der Waals surface area contributed by atoms with Gasteiger partial charge in [-0.3, -0.25) is 9.59 Å². The Balaban J connectivity index is 1.96. The lowest BCUT2D eigenvalue weighted by atomic mass is 9.86. The second-order valence-corrected chi connectivity index (χ2v) is 5.43. The second kappa shape index (κ2) is 6.76. The summed E-state index contributed by atoms with van der Waals surface area (Å²) in [6.45, 7) is 4.79. The third-order valence-electron chi connectivity index (χ3n) is 3.92. The zero-order chi connectivity index (χ0) is 15.4. The number of aryl methyl sites for hydroxylation is 2. The second-order valence-electron chi connectivity index (χ2n) is 5.43. The molecule has 0 radical (unpaired) electrons. The Hall–Kier alpha value is -1.82. The van der Waals surface area contributed by atoms with Crippen molar-refractivity contribution in [1.29, 1.82) is 0 Å². The van der Waals surface area contributed by atoms with Crippen LogP contribution in [0.5, 0.6) is 0 Å². The zero-order valence-electron chi connectivity index (χ0n) is 12.3. The van der Waals surface area contributed by atoms with Crippen LogP contribution in [0.25, 0.3) is 0 Å². The van der Waals surface area contributed by atoms with Crippen LogP contribution in [0.15, 0.2) is 10.5 Å². The van der Waals surface area contributed by atoms with Crippen LogP contribution in [-0.2, 0) is 9.53 Å². The average Bonchev–Trinajstić information content (AvgIpc) is 2.78. The Morgan fingerprint density at radius 2 is 2.05 bits per heavy atom. The molecule has 0 spiro atoms. The van der Waals surface area contributed by atoms with Crippen molar-refractivity contribution < 1.29 is 23.8 Å². The number of aliphatic carboxylic acids is 1. The van der Waals surface area contributed by atoms with Crippen molar-refractivity contribution in [1.82, 2.24) is 5.32 Å². The Morgan fingerprint density at radius 3 is 2.57 bits per heavy atom. The number of ether oxygens (including phenoxy) is 1. The maximum absolute atomic E-state index is 12.1. The first kappa shape index (κ1) is 15.6. The lowest BCUT2D eigenvalue weighted by Gasteiger charge is -2.27. The van der Waals surface area contributed by atoms with Gasteiger partial charge in [-0.25, -0.2) is 0 Å².